The molecule has 0 heterocycles. The molecule has 2 aromatic rings. The average Bonchev–Trinajstić information content (AvgIpc) is 2.87. The summed E-state index contributed by atoms with van der Waals surface area (Å²) in [6.07, 6.45) is 7.22. The van der Waals surface area contributed by atoms with Crippen LogP contribution in [0.4, 0.5) is 13.2 Å². The summed E-state index contributed by atoms with van der Waals surface area (Å²) in [5.74, 6) is -2.12. The third-order valence-electron chi connectivity index (χ3n) is 7.86. The molecule has 2 fully saturated rings. The molecule has 34 heavy (non-hydrogen) atoms. The Morgan fingerprint density at radius 1 is 0.853 bits per heavy atom. The van der Waals surface area contributed by atoms with E-state index < -0.39 is 29.3 Å². The second-order valence-electron chi connectivity index (χ2n) is 9.76. The summed E-state index contributed by atoms with van der Waals surface area (Å²) in [6, 6.07) is 7.58. The number of carbonyl (C=O) groups is 1. The molecule has 6 heteroatoms. The predicted octanol–water partition coefficient (Wildman–Crippen LogP) is 7.68. The minimum Gasteiger partial charge on any atom is -0.497 e. The Morgan fingerprint density at radius 2 is 1.41 bits per heavy atom. The minimum absolute atomic E-state index is 0.0928. The van der Waals surface area contributed by atoms with Crippen molar-refractivity contribution in [3.8, 4) is 11.5 Å². The number of methoxy groups -OCH3 is 1. The van der Waals surface area contributed by atoms with Crippen molar-refractivity contribution in [2.75, 3.05) is 7.11 Å². The maximum atomic E-state index is 15.1. The zero-order valence-electron chi connectivity index (χ0n) is 19.9. The average molecular weight is 475 g/mol. The highest BCUT2D eigenvalue weighted by Gasteiger charge is 2.32. The molecule has 2 saturated carbocycles. The summed E-state index contributed by atoms with van der Waals surface area (Å²) in [4.78, 5) is 12.5. The highest BCUT2D eigenvalue weighted by Crippen LogP contribution is 2.42. The number of hydrogen-bond donors (Lipinski definition) is 0. The van der Waals surface area contributed by atoms with Gasteiger partial charge in [0.15, 0.2) is 23.2 Å². The second kappa shape index (κ2) is 10.8. The summed E-state index contributed by atoms with van der Waals surface area (Å²) in [5, 5.41) is 0. The van der Waals surface area contributed by atoms with Crippen LogP contribution in [0.25, 0.3) is 0 Å². The van der Waals surface area contributed by atoms with E-state index in [4.69, 9.17) is 9.47 Å². The van der Waals surface area contributed by atoms with Crippen LogP contribution in [0.3, 0.4) is 0 Å². The lowest BCUT2D eigenvalue weighted by Gasteiger charge is -2.30. The highest BCUT2D eigenvalue weighted by atomic mass is 19.2. The normalized spacial score (nSPS) is 25.1. The van der Waals surface area contributed by atoms with Gasteiger partial charge in [-0.25, -0.2) is 13.2 Å². The van der Waals surface area contributed by atoms with Gasteiger partial charge < -0.3 is 9.47 Å². The molecule has 0 unspecified atom stereocenters. The zero-order valence-corrected chi connectivity index (χ0v) is 19.9. The van der Waals surface area contributed by atoms with E-state index in [0.717, 1.165) is 38.2 Å². The van der Waals surface area contributed by atoms with Crippen molar-refractivity contribution in [3.63, 3.8) is 0 Å². The van der Waals surface area contributed by atoms with Crippen LogP contribution in [0.2, 0.25) is 0 Å². The van der Waals surface area contributed by atoms with Gasteiger partial charge in [0.05, 0.1) is 13.0 Å². The Bertz CT molecular complexity index is 1010. The van der Waals surface area contributed by atoms with Crippen LogP contribution >= 0.6 is 0 Å². The number of hydrogen-bond acceptors (Lipinski definition) is 3. The highest BCUT2D eigenvalue weighted by molar-refractivity contribution is 5.75. The van der Waals surface area contributed by atoms with E-state index in [1.54, 1.807) is 12.1 Å². The SMILES string of the molecule is CCC1CCC(c2ccc(C3CCC(C(=O)Oc4ccc(OC)cc4F)CC3)c(F)c2F)CC1. The maximum absolute atomic E-state index is 15.1. The Morgan fingerprint density at radius 3 is 1.91 bits per heavy atom. The molecule has 2 aliphatic rings. The molecule has 3 nitrogen and oxygen atoms in total. The van der Waals surface area contributed by atoms with Gasteiger partial charge in [-0.3, -0.25) is 4.79 Å². The first-order valence-electron chi connectivity index (χ1n) is 12.4. The summed E-state index contributed by atoms with van der Waals surface area (Å²) in [6.45, 7) is 2.19. The van der Waals surface area contributed by atoms with Gasteiger partial charge in [-0.2, -0.15) is 0 Å². The monoisotopic (exact) mass is 474 g/mol. The first kappa shape index (κ1) is 24.6. The van der Waals surface area contributed by atoms with Crippen molar-refractivity contribution in [3.05, 3.63) is 58.9 Å². The van der Waals surface area contributed by atoms with E-state index in [1.165, 1.54) is 19.2 Å². The number of benzene rings is 2. The van der Waals surface area contributed by atoms with Crippen molar-refractivity contribution in [1.82, 2.24) is 0 Å². The molecule has 0 atom stereocenters. The Labute approximate surface area is 199 Å². The largest absolute Gasteiger partial charge is 0.497 e. The minimum atomic E-state index is -0.735. The Balaban J connectivity index is 1.36. The number of carbonyl (C=O) groups excluding carboxylic acids is 1. The maximum Gasteiger partial charge on any atom is 0.314 e. The quantitative estimate of drug-likeness (QED) is 0.318. The number of rotatable bonds is 6. The first-order chi connectivity index (χ1) is 16.4. The van der Waals surface area contributed by atoms with Crippen molar-refractivity contribution >= 4 is 5.97 Å². The van der Waals surface area contributed by atoms with Gasteiger partial charge in [-0.15, -0.1) is 0 Å². The smallest absolute Gasteiger partial charge is 0.314 e. The van der Waals surface area contributed by atoms with Gasteiger partial charge in [-0.1, -0.05) is 25.5 Å². The van der Waals surface area contributed by atoms with Gasteiger partial charge in [0.25, 0.3) is 0 Å². The van der Waals surface area contributed by atoms with Crippen LogP contribution in [0.5, 0.6) is 11.5 Å². The van der Waals surface area contributed by atoms with E-state index in [-0.39, 0.29) is 17.6 Å². The molecule has 0 aliphatic heterocycles. The lowest BCUT2D eigenvalue weighted by molar-refractivity contribution is -0.140. The van der Waals surface area contributed by atoms with E-state index in [0.29, 0.717) is 48.5 Å². The van der Waals surface area contributed by atoms with Gasteiger partial charge in [0.1, 0.15) is 5.75 Å². The summed E-state index contributed by atoms with van der Waals surface area (Å²) in [7, 11) is 1.43. The fourth-order valence-electron chi connectivity index (χ4n) is 5.61. The van der Waals surface area contributed by atoms with Crippen LogP contribution in [0.15, 0.2) is 30.3 Å². The van der Waals surface area contributed by atoms with E-state index in [9.17, 15) is 9.18 Å². The number of esters is 1. The molecule has 2 aromatic carbocycles. The first-order valence-corrected chi connectivity index (χ1v) is 12.4. The molecule has 4 rings (SSSR count). The number of ether oxygens (including phenoxy) is 2. The van der Waals surface area contributed by atoms with E-state index in [1.807, 2.05) is 0 Å². The lowest BCUT2D eigenvalue weighted by Crippen LogP contribution is -2.26. The third kappa shape index (κ3) is 5.26. The van der Waals surface area contributed by atoms with Gasteiger partial charge in [0, 0.05) is 6.07 Å². The third-order valence-corrected chi connectivity index (χ3v) is 7.86. The van der Waals surface area contributed by atoms with Gasteiger partial charge in [0.2, 0.25) is 0 Å². The van der Waals surface area contributed by atoms with Crippen LogP contribution in [0.1, 0.15) is 87.7 Å². The molecule has 0 radical (unpaired) electrons. The molecular weight excluding hydrogens is 441 g/mol. The van der Waals surface area contributed by atoms with Gasteiger partial charge >= 0.3 is 5.97 Å². The van der Waals surface area contributed by atoms with Gasteiger partial charge in [-0.05, 0) is 92.4 Å². The lowest BCUT2D eigenvalue weighted by atomic mass is 9.76. The molecular formula is C28H33F3O3. The van der Waals surface area contributed by atoms with Crippen molar-refractivity contribution < 1.29 is 27.4 Å². The fraction of sp³-hybridized carbons (Fsp3) is 0.536. The summed E-state index contributed by atoms with van der Waals surface area (Å²) >= 11 is 0. The molecule has 0 amide bonds. The van der Waals surface area contributed by atoms with Crippen molar-refractivity contribution in [1.29, 1.82) is 0 Å². The molecule has 0 bridgehead atoms. The van der Waals surface area contributed by atoms with Crippen LogP contribution in [0, 0.1) is 29.3 Å². The van der Waals surface area contributed by atoms with Crippen molar-refractivity contribution in [2.24, 2.45) is 11.8 Å². The fourth-order valence-corrected chi connectivity index (χ4v) is 5.61. The summed E-state index contributed by atoms with van der Waals surface area (Å²) < 4.78 is 54.4. The Hall–Kier alpha value is -2.50. The molecule has 184 valence electrons. The van der Waals surface area contributed by atoms with E-state index in [2.05, 4.69) is 6.92 Å². The second-order valence-corrected chi connectivity index (χ2v) is 9.76. The number of halogens is 3. The Kier molecular flexibility index (Phi) is 7.84. The van der Waals surface area contributed by atoms with Crippen molar-refractivity contribution in [2.45, 2.75) is 76.5 Å². The topological polar surface area (TPSA) is 35.5 Å². The van der Waals surface area contributed by atoms with Crippen LogP contribution in [-0.4, -0.2) is 13.1 Å². The standard InChI is InChI=1S/C28H33F3O3/c1-3-17-4-6-18(7-5-17)22-13-14-23(27(31)26(22)30)19-8-10-20(11-9-19)28(32)34-25-15-12-21(33-2)16-24(25)29/h12-20H,3-11H2,1-2H3. The van der Waals surface area contributed by atoms with Crippen LogP contribution in [-0.2, 0) is 4.79 Å². The molecule has 0 saturated heterocycles. The predicted molar refractivity (Wildman–Crippen MR) is 125 cm³/mol. The molecule has 0 spiro atoms. The molecule has 0 N–H and O–H groups in total. The summed E-state index contributed by atoms with van der Waals surface area (Å²) in [5.41, 5.74) is 0.908. The van der Waals surface area contributed by atoms with Crippen LogP contribution < -0.4 is 9.47 Å². The van der Waals surface area contributed by atoms with E-state index >= 15 is 8.78 Å². The molecule has 0 aromatic heterocycles. The molecule has 2 aliphatic carbocycles. The zero-order chi connectivity index (χ0) is 24.2.